The molecule has 14 heavy (non-hydrogen) atoms. The van der Waals surface area contributed by atoms with Gasteiger partial charge in [0.25, 0.3) is 0 Å². The van der Waals surface area contributed by atoms with E-state index in [1.807, 2.05) is 0 Å². The van der Waals surface area contributed by atoms with Crippen LogP contribution in [0.3, 0.4) is 0 Å². The van der Waals surface area contributed by atoms with E-state index in [1.165, 1.54) is 22.0 Å². The fourth-order valence-corrected chi connectivity index (χ4v) is 2.11. The summed E-state index contributed by atoms with van der Waals surface area (Å²) in [7, 11) is 2.06. The van der Waals surface area contributed by atoms with Crippen LogP contribution in [0, 0.1) is 0 Å². The fourth-order valence-electron chi connectivity index (χ4n) is 2.11. The predicted molar refractivity (Wildman–Crippen MR) is 59.2 cm³/mol. The second-order valence-electron chi connectivity index (χ2n) is 3.68. The fraction of sp³-hybridized carbons (Fsp3) is 0.167. The number of nitrogens with one attached hydrogen (secondary N) is 1. The number of fused-ring (bicyclic) bond motifs is 3. The maximum Gasteiger partial charge on any atom is 0.0568 e. The van der Waals surface area contributed by atoms with Crippen LogP contribution in [0.4, 0.5) is 5.69 Å². The maximum atomic E-state index is 3.31. The molecule has 0 amide bonds. The van der Waals surface area contributed by atoms with Gasteiger partial charge in [0.15, 0.2) is 0 Å². The molecule has 2 heteroatoms. The minimum absolute atomic E-state index is 0.938. The molecule has 0 bridgehead atoms. The number of hydrogen-bond acceptors (Lipinski definition) is 2. The summed E-state index contributed by atoms with van der Waals surface area (Å²) < 4.78 is 0. The molecule has 0 saturated heterocycles. The lowest BCUT2D eigenvalue weighted by molar-refractivity contribution is 0.736. The van der Waals surface area contributed by atoms with Crippen LogP contribution in [0.2, 0.25) is 0 Å². The zero-order valence-electron chi connectivity index (χ0n) is 8.12. The van der Waals surface area contributed by atoms with Gasteiger partial charge in [0.1, 0.15) is 0 Å². The highest BCUT2D eigenvalue weighted by Crippen LogP contribution is 2.30. The largest absolute Gasteiger partial charge is 0.311 e. The van der Waals surface area contributed by atoms with Crippen molar-refractivity contribution in [2.45, 2.75) is 6.54 Å². The SMILES string of the molecule is CN1NCc2c1ccc1ccccc21. The number of rotatable bonds is 0. The van der Waals surface area contributed by atoms with E-state index in [-0.39, 0.29) is 0 Å². The van der Waals surface area contributed by atoms with Gasteiger partial charge in [0.2, 0.25) is 0 Å². The summed E-state index contributed by atoms with van der Waals surface area (Å²) in [6.45, 7) is 0.938. The molecule has 0 aromatic heterocycles. The van der Waals surface area contributed by atoms with Crippen molar-refractivity contribution in [3.63, 3.8) is 0 Å². The molecular formula is C12H12N2. The number of hydrogen-bond donors (Lipinski definition) is 1. The predicted octanol–water partition coefficient (Wildman–Crippen LogP) is 2.29. The van der Waals surface area contributed by atoms with E-state index in [4.69, 9.17) is 0 Å². The summed E-state index contributed by atoms with van der Waals surface area (Å²) in [5.41, 5.74) is 6.01. The lowest BCUT2D eigenvalue weighted by Crippen LogP contribution is -2.26. The van der Waals surface area contributed by atoms with Gasteiger partial charge in [-0.3, -0.25) is 0 Å². The molecule has 0 fully saturated rings. The van der Waals surface area contributed by atoms with Gasteiger partial charge in [-0.1, -0.05) is 30.3 Å². The quantitative estimate of drug-likeness (QED) is 0.675. The number of anilines is 1. The first-order chi connectivity index (χ1) is 6.86. The molecule has 1 heterocycles. The molecule has 2 nitrogen and oxygen atoms in total. The minimum atomic E-state index is 0.938. The number of hydrazine groups is 1. The van der Waals surface area contributed by atoms with Crippen molar-refractivity contribution in [3.8, 4) is 0 Å². The van der Waals surface area contributed by atoms with Crippen LogP contribution in [-0.2, 0) is 6.54 Å². The second kappa shape index (κ2) is 2.72. The summed E-state index contributed by atoms with van der Waals surface area (Å²) in [6.07, 6.45) is 0. The van der Waals surface area contributed by atoms with Crippen LogP contribution >= 0.6 is 0 Å². The Balaban J connectivity index is 2.38. The Kier molecular flexibility index (Phi) is 1.52. The Bertz CT molecular complexity index is 491. The third-order valence-corrected chi connectivity index (χ3v) is 2.87. The van der Waals surface area contributed by atoms with Crippen LogP contribution < -0.4 is 10.4 Å². The average Bonchev–Trinajstić information content (AvgIpc) is 2.61. The lowest BCUT2D eigenvalue weighted by atomic mass is 10.0. The van der Waals surface area contributed by atoms with Crippen LogP contribution in [0.1, 0.15) is 5.56 Å². The van der Waals surface area contributed by atoms with Gasteiger partial charge < -0.3 is 5.01 Å². The molecule has 0 unspecified atom stereocenters. The van der Waals surface area contributed by atoms with E-state index >= 15 is 0 Å². The molecule has 1 aliphatic rings. The maximum absolute atomic E-state index is 3.31. The average molecular weight is 184 g/mol. The Labute approximate surface area is 83.1 Å². The molecule has 0 aliphatic carbocycles. The zero-order chi connectivity index (χ0) is 9.54. The molecule has 0 spiro atoms. The van der Waals surface area contributed by atoms with E-state index in [9.17, 15) is 0 Å². The van der Waals surface area contributed by atoms with Crippen molar-refractivity contribution in [2.24, 2.45) is 0 Å². The van der Waals surface area contributed by atoms with Gasteiger partial charge in [-0.25, -0.2) is 5.43 Å². The summed E-state index contributed by atoms with van der Waals surface area (Å²) in [6, 6.07) is 12.9. The highest BCUT2D eigenvalue weighted by atomic mass is 15.5. The van der Waals surface area contributed by atoms with E-state index in [0.717, 1.165) is 6.54 Å². The van der Waals surface area contributed by atoms with Crippen molar-refractivity contribution in [1.82, 2.24) is 5.43 Å². The van der Waals surface area contributed by atoms with E-state index < -0.39 is 0 Å². The highest BCUT2D eigenvalue weighted by Gasteiger charge is 2.16. The molecule has 0 saturated carbocycles. The third-order valence-electron chi connectivity index (χ3n) is 2.87. The van der Waals surface area contributed by atoms with Crippen molar-refractivity contribution < 1.29 is 0 Å². The molecular weight excluding hydrogens is 172 g/mol. The number of benzene rings is 2. The Morgan fingerprint density at radius 1 is 1.14 bits per heavy atom. The van der Waals surface area contributed by atoms with Crippen LogP contribution in [-0.4, -0.2) is 7.05 Å². The molecule has 1 aliphatic heterocycles. The Hall–Kier alpha value is -1.54. The van der Waals surface area contributed by atoms with Crippen molar-refractivity contribution in [3.05, 3.63) is 42.0 Å². The summed E-state index contributed by atoms with van der Waals surface area (Å²) in [5, 5.41) is 4.77. The van der Waals surface area contributed by atoms with Crippen molar-refractivity contribution >= 4 is 16.5 Å². The third kappa shape index (κ3) is 0.946. The van der Waals surface area contributed by atoms with E-state index in [1.54, 1.807) is 0 Å². The molecule has 0 atom stereocenters. The first-order valence-electron chi connectivity index (χ1n) is 4.84. The monoisotopic (exact) mass is 184 g/mol. The Morgan fingerprint density at radius 2 is 2.00 bits per heavy atom. The van der Waals surface area contributed by atoms with Gasteiger partial charge in [-0.15, -0.1) is 0 Å². The minimum Gasteiger partial charge on any atom is -0.311 e. The van der Waals surface area contributed by atoms with E-state index in [0.29, 0.717) is 0 Å². The smallest absolute Gasteiger partial charge is 0.0568 e. The molecule has 2 aromatic carbocycles. The summed E-state index contributed by atoms with van der Waals surface area (Å²) >= 11 is 0. The molecule has 1 N–H and O–H groups in total. The summed E-state index contributed by atoms with van der Waals surface area (Å²) in [4.78, 5) is 0. The molecule has 3 rings (SSSR count). The summed E-state index contributed by atoms with van der Waals surface area (Å²) in [5.74, 6) is 0. The standard InChI is InChI=1S/C12H12N2/c1-14-12-7-6-9-4-2-3-5-10(9)11(12)8-13-14/h2-7,13H,8H2,1H3. The second-order valence-corrected chi connectivity index (χ2v) is 3.68. The van der Waals surface area contributed by atoms with Gasteiger partial charge in [-0.05, 0) is 16.8 Å². The molecule has 70 valence electrons. The van der Waals surface area contributed by atoms with Gasteiger partial charge >= 0.3 is 0 Å². The van der Waals surface area contributed by atoms with Crippen molar-refractivity contribution in [2.75, 3.05) is 12.1 Å². The van der Waals surface area contributed by atoms with Crippen molar-refractivity contribution in [1.29, 1.82) is 0 Å². The Morgan fingerprint density at radius 3 is 2.93 bits per heavy atom. The van der Waals surface area contributed by atoms with Crippen LogP contribution in [0.5, 0.6) is 0 Å². The molecule has 0 radical (unpaired) electrons. The van der Waals surface area contributed by atoms with Crippen LogP contribution in [0.25, 0.3) is 10.8 Å². The number of nitrogens with zero attached hydrogens (tertiary/aromatic N) is 1. The highest BCUT2D eigenvalue weighted by molar-refractivity contribution is 5.90. The first kappa shape index (κ1) is 7.83. The van der Waals surface area contributed by atoms with E-state index in [2.05, 4.69) is 53.9 Å². The topological polar surface area (TPSA) is 15.3 Å². The van der Waals surface area contributed by atoms with Gasteiger partial charge in [0, 0.05) is 19.2 Å². The van der Waals surface area contributed by atoms with Gasteiger partial charge in [-0.2, -0.15) is 0 Å². The first-order valence-corrected chi connectivity index (χ1v) is 4.84. The van der Waals surface area contributed by atoms with Gasteiger partial charge in [0.05, 0.1) is 5.69 Å². The molecule has 2 aromatic rings. The normalized spacial score (nSPS) is 14.8. The lowest BCUT2D eigenvalue weighted by Gasteiger charge is -2.11. The van der Waals surface area contributed by atoms with Crippen LogP contribution in [0.15, 0.2) is 36.4 Å². The zero-order valence-corrected chi connectivity index (χ0v) is 8.12.